The van der Waals surface area contributed by atoms with Gasteiger partial charge in [-0.3, -0.25) is 4.79 Å². The first-order valence-electron chi connectivity index (χ1n) is 8.16. The van der Waals surface area contributed by atoms with Gasteiger partial charge >= 0.3 is 6.18 Å². The molecule has 144 valence electrons. The van der Waals surface area contributed by atoms with Gasteiger partial charge in [-0.2, -0.15) is 13.2 Å². The number of methoxy groups -OCH3 is 2. The van der Waals surface area contributed by atoms with Crippen LogP contribution in [0.4, 0.5) is 13.2 Å². The lowest BCUT2D eigenvalue weighted by Gasteiger charge is -2.25. The standard InChI is InChI=1S/C19H18F3NO3S/c1-25-15-9-13(10-16(11-15)26-2)17(24)23-6-7-27-18(23)12-4-3-5-14(8-12)19(20,21)22/h3-5,8-11,18H,6-7H2,1-2H3. The molecule has 1 heterocycles. The number of benzene rings is 2. The van der Waals surface area contributed by atoms with E-state index < -0.39 is 17.1 Å². The molecule has 0 radical (unpaired) electrons. The Labute approximate surface area is 159 Å². The van der Waals surface area contributed by atoms with E-state index in [-0.39, 0.29) is 5.91 Å². The molecule has 0 spiro atoms. The van der Waals surface area contributed by atoms with Crippen molar-refractivity contribution in [2.75, 3.05) is 26.5 Å². The van der Waals surface area contributed by atoms with E-state index in [9.17, 15) is 18.0 Å². The third-order valence-electron chi connectivity index (χ3n) is 4.25. The second-order valence-corrected chi connectivity index (χ2v) is 7.13. The van der Waals surface area contributed by atoms with Crippen LogP contribution < -0.4 is 9.47 Å². The molecule has 1 saturated heterocycles. The Morgan fingerprint density at radius 3 is 2.37 bits per heavy atom. The summed E-state index contributed by atoms with van der Waals surface area (Å²) < 4.78 is 49.5. The number of rotatable bonds is 4. The Hall–Kier alpha value is -2.35. The minimum Gasteiger partial charge on any atom is -0.497 e. The monoisotopic (exact) mass is 397 g/mol. The largest absolute Gasteiger partial charge is 0.497 e. The predicted octanol–water partition coefficient (Wildman–Crippen LogP) is 4.61. The van der Waals surface area contributed by atoms with E-state index in [0.717, 1.165) is 12.1 Å². The van der Waals surface area contributed by atoms with Crippen LogP contribution in [-0.4, -0.2) is 37.3 Å². The highest BCUT2D eigenvalue weighted by Gasteiger charge is 2.35. The maximum Gasteiger partial charge on any atom is 0.416 e. The summed E-state index contributed by atoms with van der Waals surface area (Å²) >= 11 is 1.44. The van der Waals surface area contributed by atoms with Crippen molar-refractivity contribution >= 4 is 17.7 Å². The number of carbonyl (C=O) groups is 1. The lowest BCUT2D eigenvalue weighted by Crippen LogP contribution is -2.30. The molecule has 3 rings (SSSR count). The molecule has 1 amide bonds. The lowest BCUT2D eigenvalue weighted by molar-refractivity contribution is -0.137. The fraction of sp³-hybridized carbons (Fsp3) is 0.316. The average Bonchev–Trinajstić information content (AvgIpc) is 3.16. The molecule has 1 atom stereocenters. The zero-order valence-corrected chi connectivity index (χ0v) is 15.6. The Kier molecular flexibility index (Phi) is 5.55. The molecule has 1 fully saturated rings. The van der Waals surface area contributed by atoms with Gasteiger partial charge < -0.3 is 14.4 Å². The molecular formula is C19H18F3NO3S. The highest BCUT2D eigenvalue weighted by atomic mass is 32.2. The van der Waals surface area contributed by atoms with Gasteiger partial charge in [0, 0.05) is 23.9 Å². The van der Waals surface area contributed by atoms with Crippen LogP contribution in [0.25, 0.3) is 0 Å². The summed E-state index contributed by atoms with van der Waals surface area (Å²) in [6, 6.07) is 9.96. The molecule has 0 aliphatic carbocycles. The van der Waals surface area contributed by atoms with E-state index >= 15 is 0 Å². The van der Waals surface area contributed by atoms with Crippen molar-refractivity contribution in [3.05, 3.63) is 59.2 Å². The quantitative estimate of drug-likeness (QED) is 0.755. The SMILES string of the molecule is COc1cc(OC)cc(C(=O)N2CCSC2c2cccc(C(F)(F)F)c2)c1. The van der Waals surface area contributed by atoms with Crippen LogP contribution in [0.1, 0.15) is 26.9 Å². The van der Waals surface area contributed by atoms with Crippen LogP contribution in [0, 0.1) is 0 Å². The van der Waals surface area contributed by atoms with Gasteiger partial charge in [0.05, 0.1) is 19.8 Å². The molecule has 4 nitrogen and oxygen atoms in total. The van der Waals surface area contributed by atoms with Gasteiger partial charge in [0.25, 0.3) is 5.91 Å². The highest BCUT2D eigenvalue weighted by Crippen LogP contribution is 2.41. The normalized spacial score (nSPS) is 17.1. The van der Waals surface area contributed by atoms with E-state index in [0.29, 0.717) is 34.9 Å². The summed E-state index contributed by atoms with van der Waals surface area (Å²) in [6.07, 6.45) is -4.42. The number of amides is 1. The molecule has 0 saturated carbocycles. The number of carbonyl (C=O) groups excluding carboxylic acids is 1. The van der Waals surface area contributed by atoms with Crippen molar-refractivity contribution in [3.8, 4) is 11.5 Å². The third kappa shape index (κ3) is 4.16. The minimum atomic E-state index is -4.42. The van der Waals surface area contributed by atoms with Crippen molar-refractivity contribution in [2.45, 2.75) is 11.6 Å². The van der Waals surface area contributed by atoms with Gasteiger partial charge in [-0.15, -0.1) is 11.8 Å². The number of ether oxygens (including phenoxy) is 2. The average molecular weight is 397 g/mol. The van der Waals surface area contributed by atoms with Crippen LogP contribution in [0.3, 0.4) is 0 Å². The maximum atomic E-state index is 13.0. The summed E-state index contributed by atoms with van der Waals surface area (Å²) in [5.74, 6) is 1.31. The molecule has 0 N–H and O–H groups in total. The van der Waals surface area contributed by atoms with Gasteiger partial charge in [0.1, 0.15) is 16.9 Å². The topological polar surface area (TPSA) is 38.8 Å². The Bertz CT molecular complexity index is 819. The summed E-state index contributed by atoms with van der Waals surface area (Å²) in [6.45, 7) is 0.448. The molecule has 1 aliphatic heterocycles. The van der Waals surface area contributed by atoms with Crippen LogP contribution in [0.5, 0.6) is 11.5 Å². The van der Waals surface area contributed by atoms with Crippen molar-refractivity contribution in [1.82, 2.24) is 4.90 Å². The van der Waals surface area contributed by atoms with E-state index in [1.165, 1.54) is 32.0 Å². The van der Waals surface area contributed by atoms with Crippen molar-refractivity contribution in [2.24, 2.45) is 0 Å². The predicted molar refractivity (Wildman–Crippen MR) is 97.2 cm³/mol. The third-order valence-corrected chi connectivity index (χ3v) is 5.51. The second kappa shape index (κ2) is 7.72. The molecular weight excluding hydrogens is 379 g/mol. The molecule has 1 unspecified atom stereocenters. The Morgan fingerprint density at radius 2 is 1.78 bits per heavy atom. The van der Waals surface area contributed by atoms with Crippen molar-refractivity contribution < 1.29 is 27.4 Å². The van der Waals surface area contributed by atoms with E-state index in [2.05, 4.69) is 0 Å². The number of hydrogen-bond acceptors (Lipinski definition) is 4. The molecule has 0 aromatic heterocycles. The molecule has 27 heavy (non-hydrogen) atoms. The maximum absolute atomic E-state index is 13.0. The van der Waals surface area contributed by atoms with E-state index in [1.54, 1.807) is 29.2 Å². The fourth-order valence-electron chi connectivity index (χ4n) is 2.92. The first kappa shape index (κ1) is 19.4. The molecule has 0 bridgehead atoms. The number of thioether (sulfide) groups is 1. The van der Waals surface area contributed by atoms with Crippen molar-refractivity contribution in [1.29, 1.82) is 0 Å². The lowest BCUT2D eigenvalue weighted by atomic mass is 10.1. The highest BCUT2D eigenvalue weighted by molar-refractivity contribution is 7.99. The van der Waals surface area contributed by atoms with E-state index in [4.69, 9.17) is 9.47 Å². The first-order valence-corrected chi connectivity index (χ1v) is 9.21. The molecule has 2 aromatic carbocycles. The van der Waals surface area contributed by atoms with Gasteiger partial charge in [-0.1, -0.05) is 12.1 Å². The van der Waals surface area contributed by atoms with Crippen LogP contribution in [0.2, 0.25) is 0 Å². The first-order chi connectivity index (χ1) is 12.8. The minimum absolute atomic E-state index is 0.278. The molecule has 2 aromatic rings. The number of hydrogen-bond donors (Lipinski definition) is 0. The summed E-state index contributed by atoms with van der Waals surface area (Å²) in [7, 11) is 2.97. The van der Waals surface area contributed by atoms with Crippen LogP contribution >= 0.6 is 11.8 Å². The fourth-order valence-corrected chi connectivity index (χ4v) is 4.16. The number of alkyl halides is 3. The van der Waals surface area contributed by atoms with Crippen LogP contribution in [-0.2, 0) is 6.18 Å². The van der Waals surface area contributed by atoms with Crippen LogP contribution in [0.15, 0.2) is 42.5 Å². The van der Waals surface area contributed by atoms with Gasteiger partial charge in [0.15, 0.2) is 0 Å². The summed E-state index contributed by atoms with van der Waals surface area (Å²) in [4.78, 5) is 14.6. The summed E-state index contributed by atoms with van der Waals surface area (Å²) in [5.41, 5.74) is 0.101. The smallest absolute Gasteiger partial charge is 0.416 e. The summed E-state index contributed by atoms with van der Waals surface area (Å²) in [5, 5.41) is -0.475. The van der Waals surface area contributed by atoms with Gasteiger partial charge in [0.2, 0.25) is 0 Å². The van der Waals surface area contributed by atoms with Gasteiger partial charge in [-0.25, -0.2) is 0 Å². The second-order valence-electron chi connectivity index (χ2n) is 5.95. The van der Waals surface area contributed by atoms with E-state index in [1.807, 2.05) is 0 Å². The number of halogens is 3. The molecule has 8 heteroatoms. The van der Waals surface area contributed by atoms with Gasteiger partial charge in [-0.05, 0) is 29.8 Å². The Morgan fingerprint density at radius 1 is 1.11 bits per heavy atom. The van der Waals surface area contributed by atoms with Crippen molar-refractivity contribution in [3.63, 3.8) is 0 Å². The zero-order valence-electron chi connectivity index (χ0n) is 14.7. The number of nitrogens with zero attached hydrogens (tertiary/aromatic N) is 1. The Balaban J connectivity index is 1.92. The molecule has 1 aliphatic rings. The zero-order chi connectivity index (χ0) is 19.6.